The van der Waals surface area contributed by atoms with Crippen LogP contribution in [0.2, 0.25) is 0 Å². The lowest BCUT2D eigenvalue weighted by Crippen LogP contribution is -2.36. The fourth-order valence-corrected chi connectivity index (χ4v) is 1.73. The van der Waals surface area contributed by atoms with E-state index in [1.165, 1.54) is 18.2 Å². The molecule has 1 fully saturated rings. The number of aromatic hydroxyl groups is 2. The van der Waals surface area contributed by atoms with Gasteiger partial charge in [0, 0.05) is 13.0 Å². The molecule has 1 aliphatic rings. The molecule has 2 amide bonds. The summed E-state index contributed by atoms with van der Waals surface area (Å²) in [4.78, 5) is 22.7. The highest BCUT2D eigenvalue weighted by atomic mass is 16.3. The van der Waals surface area contributed by atoms with Gasteiger partial charge < -0.3 is 20.8 Å². The topological polar surface area (TPSA) is 98.7 Å². The third-order valence-corrected chi connectivity index (χ3v) is 2.56. The molecule has 4 N–H and O–H groups in total. The molecule has 17 heavy (non-hydrogen) atoms. The molecule has 0 aliphatic carbocycles. The Morgan fingerprint density at radius 1 is 1.35 bits per heavy atom. The van der Waals surface area contributed by atoms with Crippen LogP contribution in [0, 0.1) is 0 Å². The van der Waals surface area contributed by atoms with Crippen LogP contribution >= 0.6 is 0 Å². The van der Waals surface area contributed by atoms with E-state index in [4.69, 9.17) is 0 Å². The number of rotatable bonds is 2. The molecule has 0 spiro atoms. The van der Waals surface area contributed by atoms with Crippen LogP contribution in [0.5, 0.6) is 11.5 Å². The minimum Gasteiger partial charge on any atom is -0.507 e. The Kier molecular flexibility index (Phi) is 2.86. The summed E-state index contributed by atoms with van der Waals surface area (Å²) in [5.74, 6) is -1.31. The zero-order valence-corrected chi connectivity index (χ0v) is 8.93. The second-order valence-electron chi connectivity index (χ2n) is 3.85. The van der Waals surface area contributed by atoms with Gasteiger partial charge in [-0.1, -0.05) is 6.07 Å². The van der Waals surface area contributed by atoms with Crippen molar-refractivity contribution < 1.29 is 19.8 Å². The van der Waals surface area contributed by atoms with Gasteiger partial charge in [-0.3, -0.25) is 9.59 Å². The first-order valence-electron chi connectivity index (χ1n) is 5.16. The Morgan fingerprint density at radius 2 is 2.00 bits per heavy atom. The largest absolute Gasteiger partial charge is 0.507 e. The van der Waals surface area contributed by atoms with E-state index in [0.29, 0.717) is 6.54 Å². The number of amides is 2. The number of phenols is 2. The van der Waals surface area contributed by atoms with E-state index in [2.05, 4.69) is 10.6 Å². The lowest BCUT2D eigenvalue weighted by atomic mass is 10.1. The summed E-state index contributed by atoms with van der Waals surface area (Å²) >= 11 is 0. The maximum absolute atomic E-state index is 11.8. The highest BCUT2D eigenvalue weighted by Gasteiger charge is 2.25. The first-order valence-corrected chi connectivity index (χ1v) is 5.16. The van der Waals surface area contributed by atoms with E-state index < -0.39 is 5.91 Å². The molecule has 1 saturated heterocycles. The first-order chi connectivity index (χ1) is 8.08. The van der Waals surface area contributed by atoms with Gasteiger partial charge in [-0.15, -0.1) is 0 Å². The molecule has 2 rings (SSSR count). The average Bonchev–Trinajstić information content (AvgIpc) is 2.63. The highest BCUT2D eigenvalue weighted by Crippen LogP contribution is 2.26. The number of carbonyl (C=O) groups excluding carboxylic acids is 2. The van der Waals surface area contributed by atoms with Crippen molar-refractivity contribution in [3.63, 3.8) is 0 Å². The molecule has 1 aliphatic heterocycles. The lowest BCUT2D eigenvalue weighted by molar-refractivity contribution is -0.119. The van der Waals surface area contributed by atoms with Crippen LogP contribution in [0.15, 0.2) is 18.2 Å². The number of benzene rings is 1. The van der Waals surface area contributed by atoms with Crippen LogP contribution < -0.4 is 10.6 Å². The predicted molar refractivity (Wildman–Crippen MR) is 58.7 cm³/mol. The molecule has 1 unspecified atom stereocenters. The van der Waals surface area contributed by atoms with Crippen molar-refractivity contribution in [3.05, 3.63) is 23.8 Å². The summed E-state index contributed by atoms with van der Waals surface area (Å²) < 4.78 is 0. The summed E-state index contributed by atoms with van der Waals surface area (Å²) in [7, 11) is 0. The Balaban J connectivity index is 2.12. The van der Waals surface area contributed by atoms with E-state index in [1.807, 2.05) is 0 Å². The minimum absolute atomic E-state index is 0.128. The van der Waals surface area contributed by atoms with E-state index in [1.54, 1.807) is 0 Å². The second kappa shape index (κ2) is 4.32. The summed E-state index contributed by atoms with van der Waals surface area (Å²) in [6.45, 7) is 0.360. The van der Waals surface area contributed by atoms with Crippen molar-refractivity contribution in [3.8, 4) is 11.5 Å². The van der Waals surface area contributed by atoms with E-state index >= 15 is 0 Å². The van der Waals surface area contributed by atoms with Gasteiger partial charge >= 0.3 is 0 Å². The van der Waals surface area contributed by atoms with Crippen molar-refractivity contribution in [2.45, 2.75) is 12.5 Å². The number of carbonyl (C=O) groups is 2. The van der Waals surface area contributed by atoms with Crippen LogP contribution in [0.3, 0.4) is 0 Å². The number of phenolic OH excluding ortho intramolecular Hbond substituents is 2. The molecule has 1 aromatic rings. The molecular weight excluding hydrogens is 224 g/mol. The molecule has 6 heteroatoms. The van der Waals surface area contributed by atoms with E-state index in [0.717, 1.165) is 0 Å². The third kappa shape index (κ3) is 2.30. The van der Waals surface area contributed by atoms with Gasteiger partial charge in [0.15, 0.2) is 0 Å². The maximum atomic E-state index is 11.8. The Hall–Kier alpha value is -2.24. The molecule has 90 valence electrons. The fourth-order valence-electron chi connectivity index (χ4n) is 1.73. The monoisotopic (exact) mass is 236 g/mol. The maximum Gasteiger partial charge on any atom is 0.259 e. The molecule has 0 aromatic heterocycles. The van der Waals surface area contributed by atoms with Crippen LogP contribution in [0.4, 0.5) is 0 Å². The van der Waals surface area contributed by atoms with Gasteiger partial charge in [0.1, 0.15) is 17.1 Å². The van der Waals surface area contributed by atoms with Crippen LogP contribution in [-0.4, -0.2) is 34.6 Å². The number of hydrogen-bond acceptors (Lipinski definition) is 4. The Morgan fingerprint density at radius 3 is 2.53 bits per heavy atom. The zero-order chi connectivity index (χ0) is 12.4. The normalized spacial score (nSPS) is 18.8. The molecular formula is C11H12N2O4. The summed E-state index contributed by atoms with van der Waals surface area (Å²) in [6, 6.07) is 3.75. The van der Waals surface area contributed by atoms with Crippen molar-refractivity contribution in [1.82, 2.24) is 10.6 Å². The molecule has 1 aromatic carbocycles. The van der Waals surface area contributed by atoms with Gasteiger partial charge in [0.05, 0.1) is 6.04 Å². The number of hydrogen-bond donors (Lipinski definition) is 4. The summed E-state index contributed by atoms with van der Waals surface area (Å²) in [5.41, 5.74) is -0.174. The van der Waals surface area contributed by atoms with E-state index in [-0.39, 0.29) is 35.4 Å². The highest BCUT2D eigenvalue weighted by molar-refractivity contribution is 6.00. The predicted octanol–water partition coefficient (Wildman–Crippen LogP) is -0.284. The third-order valence-electron chi connectivity index (χ3n) is 2.56. The zero-order valence-electron chi connectivity index (χ0n) is 8.93. The molecule has 1 atom stereocenters. The van der Waals surface area contributed by atoms with Gasteiger partial charge in [-0.05, 0) is 12.1 Å². The molecule has 6 nitrogen and oxygen atoms in total. The van der Waals surface area contributed by atoms with Crippen LogP contribution in [0.25, 0.3) is 0 Å². The quantitative estimate of drug-likeness (QED) is 0.567. The van der Waals surface area contributed by atoms with Crippen LogP contribution in [0.1, 0.15) is 16.8 Å². The van der Waals surface area contributed by atoms with Crippen molar-refractivity contribution >= 4 is 11.8 Å². The molecule has 0 radical (unpaired) electrons. The summed E-state index contributed by atoms with van der Waals surface area (Å²) in [5, 5.41) is 24.1. The smallest absolute Gasteiger partial charge is 0.259 e. The fraction of sp³-hybridized carbons (Fsp3) is 0.273. The SMILES string of the molecule is O=C1CC(NC(=O)c2c(O)cccc2O)CN1. The van der Waals surface area contributed by atoms with Gasteiger partial charge in [0.2, 0.25) is 5.91 Å². The van der Waals surface area contributed by atoms with Gasteiger partial charge in [0.25, 0.3) is 5.91 Å². The number of nitrogens with one attached hydrogen (secondary N) is 2. The van der Waals surface area contributed by atoms with E-state index in [9.17, 15) is 19.8 Å². The Labute approximate surface area is 97.3 Å². The molecule has 1 heterocycles. The van der Waals surface area contributed by atoms with Crippen molar-refractivity contribution in [2.24, 2.45) is 0 Å². The van der Waals surface area contributed by atoms with Crippen molar-refractivity contribution in [2.75, 3.05) is 6.54 Å². The van der Waals surface area contributed by atoms with Crippen molar-refractivity contribution in [1.29, 1.82) is 0 Å². The standard InChI is InChI=1S/C11H12N2O4/c14-7-2-1-3-8(15)10(7)11(17)13-6-4-9(16)12-5-6/h1-3,6,14-15H,4-5H2,(H,12,16)(H,13,17). The molecule has 0 bridgehead atoms. The van der Waals surface area contributed by atoms with Gasteiger partial charge in [-0.2, -0.15) is 0 Å². The van der Waals surface area contributed by atoms with Crippen LogP contribution in [-0.2, 0) is 4.79 Å². The average molecular weight is 236 g/mol. The lowest BCUT2D eigenvalue weighted by Gasteiger charge is -2.12. The second-order valence-corrected chi connectivity index (χ2v) is 3.85. The molecule has 0 saturated carbocycles. The Bertz CT molecular complexity index is 452. The summed E-state index contributed by atoms with van der Waals surface area (Å²) in [6.07, 6.45) is 0.208. The minimum atomic E-state index is -0.595. The van der Waals surface area contributed by atoms with Gasteiger partial charge in [-0.25, -0.2) is 0 Å². The first kappa shape index (κ1) is 11.3.